The quantitative estimate of drug-likeness (QED) is 0.831. The van der Waals surface area contributed by atoms with Crippen LogP contribution in [0.4, 0.5) is 0 Å². The van der Waals surface area contributed by atoms with Crippen molar-refractivity contribution in [3.05, 3.63) is 30.1 Å². The molecule has 3 aliphatic heterocycles. The lowest BCUT2D eigenvalue weighted by Gasteiger charge is -2.30. The number of likely N-dealkylation sites (tertiary alicyclic amines) is 2. The minimum atomic E-state index is -0.0932. The second-order valence-electron chi connectivity index (χ2n) is 8.29. The lowest BCUT2D eigenvalue weighted by Crippen LogP contribution is -2.39. The van der Waals surface area contributed by atoms with Gasteiger partial charge in [-0.05, 0) is 69.7 Å². The summed E-state index contributed by atoms with van der Waals surface area (Å²) in [6.45, 7) is 6.61. The molecule has 142 valence electrons. The smallest absolute Gasteiger partial charge is 0.228 e. The molecule has 1 spiro atoms. The van der Waals surface area contributed by atoms with Crippen molar-refractivity contribution in [1.82, 2.24) is 14.8 Å². The van der Waals surface area contributed by atoms with Crippen LogP contribution >= 0.6 is 0 Å². The molecule has 0 N–H and O–H groups in total. The first-order valence-corrected chi connectivity index (χ1v) is 10.2. The Labute approximate surface area is 156 Å². The lowest BCUT2D eigenvalue weighted by molar-refractivity contribution is -0.137. The van der Waals surface area contributed by atoms with E-state index in [0.717, 1.165) is 90.2 Å². The van der Waals surface area contributed by atoms with Gasteiger partial charge in [-0.25, -0.2) is 0 Å². The monoisotopic (exact) mass is 357 g/mol. The standard InChI is InChI=1S/C21H31N3O2/c25-20-21(9-13-24(20)16-18-5-14-26-15-6-18)7-3-11-23(12-8-21)17-19-4-1-2-10-22-19/h1-2,4,10,18H,3,5-9,11-17H2/t21-/m1/s1. The van der Waals surface area contributed by atoms with E-state index in [1.165, 1.54) is 0 Å². The fourth-order valence-electron chi connectivity index (χ4n) is 4.90. The van der Waals surface area contributed by atoms with Crippen LogP contribution in [0.25, 0.3) is 0 Å². The first kappa shape index (κ1) is 17.9. The molecule has 26 heavy (non-hydrogen) atoms. The lowest BCUT2D eigenvalue weighted by atomic mass is 9.79. The van der Waals surface area contributed by atoms with Crippen molar-refractivity contribution in [2.24, 2.45) is 11.3 Å². The molecule has 3 saturated heterocycles. The summed E-state index contributed by atoms with van der Waals surface area (Å²) < 4.78 is 5.46. The van der Waals surface area contributed by atoms with Gasteiger partial charge in [0.15, 0.2) is 0 Å². The normalized spacial score (nSPS) is 28.6. The van der Waals surface area contributed by atoms with Crippen LogP contribution in [0.5, 0.6) is 0 Å². The van der Waals surface area contributed by atoms with Crippen LogP contribution in [0.15, 0.2) is 24.4 Å². The van der Waals surface area contributed by atoms with Crippen LogP contribution < -0.4 is 0 Å². The number of pyridine rings is 1. The third-order valence-electron chi connectivity index (χ3n) is 6.57. The summed E-state index contributed by atoms with van der Waals surface area (Å²) in [4.78, 5) is 22.3. The molecule has 1 atom stereocenters. The molecular formula is C21H31N3O2. The van der Waals surface area contributed by atoms with E-state index in [1.54, 1.807) is 0 Å². The molecule has 1 aromatic rings. The van der Waals surface area contributed by atoms with E-state index in [2.05, 4.69) is 26.9 Å². The van der Waals surface area contributed by atoms with E-state index in [9.17, 15) is 4.79 Å². The van der Waals surface area contributed by atoms with Gasteiger partial charge in [0.2, 0.25) is 5.91 Å². The number of hydrogen-bond donors (Lipinski definition) is 0. The molecule has 0 bridgehead atoms. The highest BCUT2D eigenvalue weighted by Gasteiger charge is 2.47. The van der Waals surface area contributed by atoms with Gasteiger partial charge < -0.3 is 9.64 Å². The molecular weight excluding hydrogens is 326 g/mol. The summed E-state index contributed by atoms with van der Waals surface area (Å²) in [7, 11) is 0. The second kappa shape index (κ2) is 8.05. The highest BCUT2D eigenvalue weighted by Crippen LogP contribution is 2.42. The van der Waals surface area contributed by atoms with Crippen molar-refractivity contribution >= 4 is 5.91 Å². The van der Waals surface area contributed by atoms with Gasteiger partial charge in [0.25, 0.3) is 0 Å². The maximum Gasteiger partial charge on any atom is 0.228 e. The van der Waals surface area contributed by atoms with Crippen LogP contribution in [0.3, 0.4) is 0 Å². The number of nitrogens with zero attached hydrogens (tertiary/aromatic N) is 3. The maximum absolute atomic E-state index is 13.2. The maximum atomic E-state index is 13.2. The van der Waals surface area contributed by atoms with Crippen molar-refractivity contribution < 1.29 is 9.53 Å². The molecule has 3 aliphatic rings. The highest BCUT2D eigenvalue weighted by molar-refractivity contribution is 5.84. The van der Waals surface area contributed by atoms with Crippen LogP contribution in [-0.2, 0) is 16.1 Å². The molecule has 0 radical (unpaired) electrons. The Morgan fingerprint density at radius 1 is 1.12 bits per heavy atom. The van der Waals surface area contributed by atoms with Crippen molar-refractivity contribution in [3.63, 3.8) is 0 Å². The zero-order valence-corrected chi connectivity index (χ0v) is 15.7. The average Bonchev–Trinajstić information content (AvgIpc) is 2.85. The van der Waals surface area contributed by atoms with Gasteiger partial charge >= 0.3 is 0 Å². The van der Waals surface area contributed by atoms with Crippen LogP contribution in [0.2, 0.25) is 0 Å². The van der Waals surface area contributed by atoms with Gasteiger partial charge in [0, 0.05) is 39.0 Å². The van der Waals surface area contributed by atoms with Gasteiger partial charge in [-0.1, -0.05) is 6.07 Å². The third-order valence-corrected chi connectivity index (χ3v) is 6.57. The molecule has 0 unspecified atom stereocenters. The third kappa shape index (κ3) is 3.94. The molecule has 3 fully saturated rings. The van der Waals surface area contributed by atoms with Gasteiger partial charge in [0.05, 0.1) is 11.1 Å². The number of carbonyl (C=O) groups is 1. The van der Waals surface area contributed by atoms with Crippen LogP contribution in [0, 0.1) is 11.3 Å². The zero-order valence-electron chi connectivity index (χ0n) is 15.7. The van der Waals surface area contributed by atoms with E-state index < -0.39 is 0 Å². The Morgan fingerprint density at radius 2 is 1.96 bits per heavy atom. The van der Waals surface area contributed by atoms with E-state index in [0.29, 0.717) is 11.8 Å². The summed E-state index contributed by atoms with van der Waals surface area (Å²) >= 11 is 0. The predicted octanol–water partition coefficient (Wildman–Crippen LogP) is 2.71. The Morgan fingerprint density at radius 3 is 2.77 bits per heavy atom. The molecule has 1 amide bonds. The average molecular weight is 357 g/mol. The summed E-state index contributed by atoms with van der Waals surface area (Å²) in [5, 5.41) is 0. The predicted molar refractivity (Wildman–Crippen MR) is 101 cm³/mol. The van der Waals surface area contributed by atoms with E-state index in [1.807, 2.05) is 12.3 Å². The second-order valence-corrected chi connectivity index (χ2v) is 8.29. The number of amides is 1. The summed E-state index contributed by atoms with van der Waals surface area (Å²) in [6, 6.07) is 6.11. The Balaban J connectivity index is 1.34. The van der Waals surface area contributed by atoms with Gasteiger partial charge in [-0.15, -0.1) is 0 Å². The molecule has 0 aliphatic carbocycles. The summed E-state index contributed by atoms with van der Waals surface area (Å²) in [5.74, 6) is 1.07. The van der Waals surface area contributed by atoms with Gasteiger partial charge in [-0.2, -0.15) is 0 Å². The van der Waals surface area contributed by atoms with E-state index in [-0.39, 0.29) is 5.41 Å². The minimum absolute atomic E-state index is 0.0932. The molecule has 5 heteroatoms. The first-order chi connectivity index (χ1) is 12.8. The number of rotatable bonds is 4. The largest absolute Gasteiger partial charge is 0.381 e. The van der Waals surface area contributed by atoms with Crippen LogP contribution in [0.1, 0.15) is 44.2 Å². The number of carbonyl (C=O) groups excluding carboxylic acids is 1. The van der Waals surface area contributed by atoms with Crippen LogP contribution in [-0.4, -0.2) is 60.1 Å². The minimum Gasteiger partial charge on any atom is -0.381 e. The fraction of sp³-hybridized carbons (Fsp3) is 0.714. The SMILES string of the molecule is O=C1N(CC2CCOCC2)CC[C@]12CCCN(Cc1ccccn1)CC2. The summed E-state index contributed by atoms with van der Waals surface area (Å²) in [5.41, 5.74) is 1.03. The highest BCUT2D eigenvalue weighted by atomic mass is 16.5. The Kier molecular flexibility index (Phi) is 5.55. The first-order valence-electron chi connectivity index (χ1n) is 10.2. The molecule has 4 heterocycles. The molecule has 0 saturated carbocycles. The number of aromatic nitrogens is 1. The fourth-order valence-corrected chi connectivity index (χ4v) is 4.90. The van der Waals surface area contributed by atoms with Crippen molar-refractivity contribution in [2.45, 2.75) is 45.1 Å². The van der Waals surface area contributed by atoms with Crippen molar-refractivity contribution in [2.75, 3.05) is 39.4 Å². The topological polar surface area (TPSA) is 45.7 Å². The molecule has 0 aromatic carbocycles. The van der Waals surface area contributed by atoms with E-state index in [4.69, 9.17) is 4.74 Å². The number of hydrogen-bond acceptors (Lipinski definition) is 4. The molecule has 4 rings (SSSR count). The molecule has 1 aromatic heterocycles. The van der Waals surface area contributed by atoms with Crippen molar-refractivity contribution in [3.8, 4) is 0 Å². The Bertz CT molecular complexity index is 603. The molecule has 5 nitrogen and oxygen atoms in total. The van der Waals surface area contributed by atoms with E-state index >= 15 is 0 Å². The van der Waals surface area contributed by atoms with Crippen molar-refractivity contribution in [1.29, 1.82) is 0 Å². The number of ether oxygens (including phenoxy) is 1. The summed E-state index contributed by atoms with van der Waals surface area (Å²) in [6.07, 6.45) is 8.29. The Hall–Kier alpha value is -1.46. The zero-order chi connectivity index (χ0) is 17.8. The van der Waals surface area contributed by atoms with Gasteiger partial charge in [0.1, 0.15) is 0 Å². The van der Waals surface area contributed by atoms with Gasteiger partial charge in [-0.3, -0.25) is 14.7 Å².